The van der Waals surface area contributed by atoms with Gasteiger partial charge in [0.1, 0.15) is 4.21 Å². The Morgan fingerprint density at radius 1 is 1.17 bits per heavy atom. The SMILES string of the molecule is CC(C)C(=O)N1CCC(C(=O)NCc2ccc(S(=O)(=O)N3CCOCC3)s2)CC1. The molecular formula is C19H29N3O5S2. The van der Waals surface area contributed by atoms with E-state index in [1.807, 2.05) is 18.7 Å². The van der Waals surface area contributed by atoms with Gasteiger partial charge in [0.2, 0.25) is 11.8 Å². The Bertz CT molecular complexity index is 823. The molecular weight excluding hydrogens is 414 g/mol. The Kier molecular flexibility index (Phi) is 7.31. The standard InChI is InChI=1S/C19H29N3O5S2/c1-14(2)19(24)21-7-5-15(6-8-21)18(23)20-13-16-3-4-17(28-16)29(25,26)22-9-11-27-12-10-22/h3-4,14-15H,5-13H2,1-2H3,(H,20,23). The van der Waals surface area contributed by atoms with Crippen molar-refractivity contribution in [3.05, 3.63) is 17.0 Å². The van der Waals surface area contributed by atoms with E-state index in [9.17, 15) is 18.0 Å². The zero-order valence-corrected chi connectivity index (χ0v) is 18.6. The minimum atomic E-state index is -3.50. The number of thiophene rings is 1. The van der Waals surface area contributed by atoms with E-state index < -0.39 is 10.0 Å². The van der Waals surface area contributed by atoms with Gasteiger partial charge in [0.05, 0.1) is 19.8 Å². The Balaban J connectivity index is 1.50. The van der Waals surface area contributed by atoms with Crippen LogP contribution in [0.25, 0.3) is 0 Å². The summed E-state index contributed by atoms with van der Waals surface area (Å²) in [7, 11) is -3.50. The average Bonchev–Trinajstić information content (AvgIpc) is 3.22. The van der Waals surface area contributed by atoms with Gasteiger partial charge in [0.15, 0.2) is 0 Å². The fourth-order valence-electron chi connectivity index (χ4n) is 3.55. The van der Waals surface area contributed by atoms with Gasteiger partial charge in [-0.25, -0.2) is 8.42 Å². The summed E-state index contributed by atoms with van der Waals surface area (Å²) in [6.45, 7) is 6.85. The molecule has 2 fully saturated rings. The van der Waals surface area contributed by atoms with Crippen LogP contribution < -0.4 is 5.32 Å². The molecule has 2 saturated heterocycles. The molecule has 3 rings (SSSR count). The van der Waals surface area contributed by atoms with Gasteiger partial charge >= 0.3 is 0 Å². The summed E-state index contributed by atoms with van der Waals surface area (Å²) in [6, 6.07) is 3.36. The topological polar surface area (TPSA) is 96.0 Å². The first-order valence-electron chi connectivity index (χ1n) is 10.0. The summed E-state index contributed by atoms with van der Waals surface area (Å²) in [6.07, 6.45) is 1.32. The van der Waals surface area contributed by atoms with E-state index in [0.717, 1.165) is 4.88 Å². The number of amides is 2. The molecule has 1 N–H and O–H groups in total. The molecule has 0 saturated carbocycles. The second-order valence-electron chi connectivity index (χ2n) is 7.71. The smallest absolute Gasteiger partial charge is 0.252 e. The van der Waals surface area contributed by atoms with Gasteiger partial charge in [-0.3, -0.25) is 9.59 Å². The number of ether oxygens (including phenoxy) is 1. The Hall–Kier alpha value is -1.49. The maximum Gasteiger partial charge on any atom is 0.252 e. The van der Waals surface area contributed by atoms with Gasteiger partial charge in [-0.1, -0.05) is 13.8 Å². The number of hydrogen-bond acceptors (Lipinski definition) is 6. The molecule has 0 spiro atoms. The summed E-state index contributed by atoms with van der Waals surface area (Å²) in [5.41, 5.74) is 0. The number of carbonyl (C=O) groups is 2. The van der Waals surface area contributed by atoms with Crippen LogP contribution in [0.4, 0.5) is 0 Å². The summed E-state index contributed by atoms with van der Waals surface area (Å²) >= 11 is 1.19. The van der Waals surface area contributed by atoms with E-state index >= 15 is 0 Å². The fourth-order valence-corrected chi connectivity index (χ4v) is 6.41. The molecule has 2 aliphatic heterocycles. The number of nitrogens with one attached hydrogen (secondary N) is 1. The van der Waals surface area contributed by atoms with Gasteiger partial charge in [-0.15, -0.1) is 11.3 Å². The van der Waals surface area contributed by atoms with Crippen molar-refractivity contribution in [3.8, 4) is 0 Å². The largest absolute Gasteiger partial charge is 0.379 e. The summed E-state index contributed by atoms with van der Waals surface area (Å²) in [5.74, 6) is -0.0334. The molecule has 8 nitrogen and oxygen atoms in total. The predicted molar refractivity (Wildman–Crippen MR) is 110 cm³/mol. The highest BCUT2D eigenvalue weighted by atomic mass is 32.2. The first-order valence-corrected chi connectivity index (χ1v) is 12.3. The highest BCUT2D eigenvalue weighted by Crippen LogP contribution is 2.26. The zero-order valence-electron chi connectivity index (χ0n) is 16.9. The molecule has 162 valence electrons. The van der Waals surface area contributed by atoms with E-state index in [1.165, 1.54) is 15.6 Å². The molecule has 29 heavy (non-hydrogen) atoms. The molecule has 2 amide bonds. The minimum absolute atomic E-state index is 0.0258. The molecule has 1 aromatic rings. The van der Waals surface area contributed by atoms with Gasteiger partial charge in [-0.2, -0.15) is 4.31 Å². The van der Waals surface area contributed by atoms with Crippen LogP contribution in [0.1, 0.15) is 31.6 Å². The van der Waals surface area contributed by atoms with Crippen molar-refractivity contribution < 1.29 is 22.7 Å². The van der Waals surface area contributed by atoms with Crippen molar-refractivity contribution in [2.45, 2.75) is 37.4 Å². The molecule has 0 atom stereocenters. The average molecular weight is 444 g/mol. The van der Waals surface area contributed by atoms with Crippen LogP contribution in [0.5, 0.6) is 0 Å². The van der Waals surface area contributed by atoms with E-state index in [4.69, 9.17) is 4.74 Å². The first-order chi connectivity index (χ1) is 13.8. The van der Waals surface area contributed by atoms with Gasteiger partial charge in [-0.05, 0) is 25.0 Å². The van der Waals surface area contributed by atoms with E-state index in [2.05, 4.69) is 5.32 Å². The van der Waals surface area contributed by atoms with Crippen LogP contribution in [0.3, 0.4) is 0 Å². The van der Waals surface area contributed by atoms with Crippen molar-refractivity contribution >= 4 is 33.2 Å². The normalized spacial score (nSPS) is 19.5. The molecule has 0 unspecified atom stereocenters. The molecule has 2 aliphatic rings. The molecule has 0 bridgehead atoms. The van der Waals surface area contributed by atoms with Crippen LogP contribution in [-0.4, -0.2) is 68.8 Å². The maximum atomic E-state index is 12.7. The molecule has 0 aliphatic carbocycles. The Labute approximate surface area is 176 Å². The minimum Gasteiger partial charge on any atom is -0.379 e. The monoisotopic (exact) mass is 443 g/mol. The number of sulfonamides is 1. The summed E-state index contributed by atoms with van der Waals surface area (Å²) in [4.78, 5) is 27.2. The fraction of sp³-hybridized carbons (Fsp3) is 0.684. The van der Waals surface area contributed by atoms with Crippen molar-refractivity contribution in [3.63, 3.8) is 0 Å². The Morgan fingerprint density at radius 2 is 1.83 bits per heavy atom. The highest BCUT2D eigenvalue weighted by Gasteiger charge is 2.29. The van der Waals surface area contributed by atoms with Gasteiger partial charge < -0.3 is 15.0 Å². The van der Waals surface area contributed by atoms with Crippen LogP contribution in [0, 0.1) is 11.8 Å². The number of hydrogen-bond donors (Lipinski definition) is 1. The van der Waals surface area contributed by atoms with Crippen molar-refractivity contribution in [1.29, 1.82) is 0 Å². The summed E-state index contributed by atoms with van der Waals surface area (Å²) < 4.78 is 32.3. The lowest BCUT2D eigenvalue weighted by Gasteiger charge is -2.32. The van der Waals surface area contributed by atoms with Crippen LogP contribution in [-0.2, 0) is 30.9 Å². The summed E-state index contributed by atoms with van der Waals surface area (Å²) in [5, 5.41) is 2.92. The van der Waals surface area contributed by atoms with E-state index in [-0.39, 0.29) is 23.7 Å². The number of piperidine rings is 1. The van der Waals surface area contributed by atoms with Crippen LogP contribution >= 0.6 is 11.3 Å². The van der Waals surface area contributed by atoms with Crippen molar-refractivity contribution in [2.75, 3.05) is 39.4 Å². The van der Waals surface area contributed by atoms with Gasteiger partial charge in [0.25, 0.3) is 10.0 Å². The molecule has 3 heterocycles. The highest BCUT2D eigenvalue weighted by molar-refractivity contribution is 7.91. The predicted octanol–water partition coefficient (Wildman–Crippen LogP) is 1.28. The van der Waals surface area contributed by atoms with Gasteiger partial charge in [0, 0.05) is 42.9 Å². The number of likely N-dealkylation sites (tertiary alicyclic amines) is 1. The van der Waals surface area contributed by atoms with E-state index in [1.54, 1.807) is 12.1 Å². The number of rotatable bonds is 6. The zero-order chi connectivity index (χ0) is 21.0. The number of carbonyl (C=O) groups excluding carboxylic acids is 2. The molecule has 1 aromatic heterocycles. The third kappa shape index (κ3) is 5.36. The van der Waals surface area contributed by atoms with Crippen LogP contribution in [0.15, 0.2) is 16.3 Å². The second kappa shape index (κ2) is 9.55. The van der Waals surface area contributed by atoms with Crippen molar-refractivity contribution in [2.24, 2.45) is 11.8 Å². The lowest BCUT2D eigenvalue weighted by Crippen LogP contribution is -2.44. The van der Waals surface area contributed by atoms with Crippen molar-refractivity contribution in [1.82, 2.24) is 14.5 Å². The molecule has 0 radical (unpaired) electrons. The van der Waals surface area contributed by atoms with Crippen LogP contribution in [0.2, 0.25) is 0 Å². The molecule has 10 heteroatoms. The quantitative estimate of drug-likeness (QED) is 0.715. The third-order valence-corrected chi connectivity index (χ3v) is 8.76. The maximum absolute atomic E-state index is 12.7. The lowest BCUT2D eigenvalue weighted by molar-refractivity contribution is -0.138. The number of morpholine rings is 1. The molecule has 0 aromatic carbocycles. The second-order valence-corrected chi connectivity index (χ2v) is 11.0. The first kappa shape index (κ1) is 22.2. The van der Waals surface area contributed by atoms with E-state index in [0.29, 0.717) is 63.0 Å². The number of nitrogens with zero attached hydrogens (tertiary/aromatic N) is 2. The lowest BCUT2D eigenvalue weighted by atomic mass is 9.95. The third-order valence-electron chi connectivity index (χ3n) is 5.31. The Morgan fingerprint density at radius 3 is 2.45 bits per heavy atom.